The van der Waals surface area contributed by atoms with Gasteiger partial charge in [0.2, 0.25) is 0 Å². The summed E-state index contributed by atoms with van der Waals surface area (Å²) in [6.07, 6.45) is 0. The van der Waals surface area contributed by atoms with Crippen LogP contribution in [0.25, 0.3) is 0 Å². The number of furan rings is 1. The van der Waals surface area contributed by atoms with Crippen molar-refractivity contribution in [2.45, 2.75) is 53.9 Å². The van der Waals surface area contributed by atoms with E-state index < -0.39 is 0 Å². The lowest BCUT2D eigenvalue weighted by atomic mass is 9.87. The van der Waals surface area contributed by atoms with Crippen molar-refractivity contribution in [1.82, 2.24) is 0 Å². The van der Waals surface area contributed by atoms with Crippen LogP contribution in [0, 0.1) is 13.8 Å². The van der Waals surface area contributed by atoms with Gasteiger partial charge >= 0.3 is 0 Å². The van der Waals surface area contributed by atoms with Gasteiger partial charge in [0, 0.05) is 0 Å². The Labute approximate surface area is 82.2 Å². The van der Waals surface area contributed by atoms with Crippen LogP contribution in [0.3, 0.4) is 0 Å². The van der Waals surface area contributed by atoms with Gasteiger partial charge in [0.05, 0.1) is 0 Å². The Morgan fingerprint density at radius 2 is 1.54 bits per heavy atom. The van der Waals surface area contributed by atoms with Crippen LogP contribution in [0.15, 0.2) is 10.5 Å². The molecular formula is C12H22O. The molecule has 0 atom stereocenters. The number of hydrogen-bond donors (Lipinski definition) is 0. The van der Waals surface area contributed by atoms with Crippen molar-refractivity contribution in [1.29, 1.82) is 0 Å². The Balaban J connectivity index is 0.000000671. The van der Waals surface area contributed by atoms with Crippen molar-refractivity contribution in [2.24, 2.45) is 0 Å². The van der Waals surface area contributed by atoms with Crippen LogP contribution < -0.4 is 0 Å². The fourth-order valence-corrected chi connectivity index (χ4v) is 1.38. The highest BCUT2D eigenvalue weighted by molar-refractivity contribution is 5.27. The van der Waals surface area contributed by atoms with Gasteiger partial charge in [-0.2, -0.15) is 0 Å². The highest BCUT2D eigenvalue weighted by Crippen LogP contribution is 2.27. The molecule has 1 aromatic heterocycles. The zero-order chi connectivity index (χ0) is 10.6. The molecular weight excluding hydrogens is 160 g/mol. The zero-order valence-electron chi connectivity index (χ0n) is 9.99. The second-order valence-corrected chi connectivity index (χ2v) is 4.08. The molecule has 0 amide bonds. The summed E-state index contributed by atoms with van der Waals surface area (Å²) in [5, 5.41) is 0. The van der Waals surface area contributed by atoms with E-state index in [1.807, 2.05) is 27.7 Å². The Morgan fingerprint density at radius 3 is 1.69 bits per heavy atom. The Hall–Kier alpha value is -0.720. The molecule has 1 rings (SSSR count). The second kappa shape index (κ2) is 4.50. The minimum absolute atomic E-state index is 0.210. The van der Waals surface area contributed by atoms with Crippen LogP contribution in [0.4, 0.5) is 0 Å². The lowest BCUT2D eigenvalue weighted by Crippen LogP contribution is -2.10. The summed E-state index contributed by atoms with van der Waals surface area (Å²) in [6.45, 7) is 14.6. The molecule has 0 radical (unpaired) electrons. The molecule has 0 aromatic carbocycles. The highest BCUT2D eigenvalue weighted by atomic mass is 16.3. The first-order chi connectivity index (χ1) is 5.91. The molecule has 0 saturated carbocycles. The van der Waals surface area contributed by atoms with E-state index in [-0.39, 0.29) is 5.41 Å². The first-order valence-corrected chi connectivity index (χ1v) is 4.99. The third-order valence-electron chi connectivity index (χ3n) is 1.85. The molecule has 0 aliphatic carbocycles. The fraction of sp³-hybridized carbons (Fsp3) is 0.667. The van der Waals surface area contributed by atoms with Crippen molar-refractivity contribution >= 4 is 0 Å². The molecule has 1 aromatic rings. The van der Waals surface area contributed by atoms with E-state index in [9.17, 15) is 0 Å². The fourth-order valence-electron chi connectivity index (χ4n) is 1.38. The van der Waals surface area contributed by atoms with Crippen molar-refractivity contribution < 1.29 is 4.42 Å². The topological polar surface area (TPSA) is 13.1 Å². The van der Waals surface area contributed by atoms with Crippen LogP contribution in [-0.2, 0) is 5.41 Å². The van der Waals surface area contributed by atoms with Crippen LogP contribution in [-0.4, -0.2) is 0 Å². The molecule has 0 bridgehead atoms. The highest BCUT2D eigenvalue weighted by Gasteiger charge is 2.18. The van der Waals surface area contributed by atoms with Gasteiger partial charge in [0.25, 0.3) is 0 Å². The van der Waals surface area contributed by atoms with Crippen molar-refractivity contribution in [3.8, 4) is 0 Å². The van der Waals surface area contributed by atoms with Crippen molar-refractivity contribution in [2.75, 3.05) is 0 Å². The second-order valence-electron chi connectivity index (χ2n) is 4.08. The van der Waals surface area contributed by atoms with Crippen LogP contribution in [0.1, 0.15) is 51.7 Å². The maximum absolute atomic E-state index is 5.44. The quantitative estimate of drug-likeness (QED) is 0.585. The Morgan fingerprint density at radius 1 is 1.08 bits per heavy atom. The molecule has 76 valence electrons. The summed E-state index contributed by atoms with van der Waals surface area (Å²) in [7, 11) is 0. The van der Waals surface area contributed by atoms with Gasteiger partial charge in [-0.3, -0.25) is 0 Å². The maximum atomic E-state index is 5.44. The molecule has 0 fully saturated rings. The SMILES string of the molecule is CC.Cc1cc(C(C)(C)C)c(C)o1. The van der Waals surface area contributed by atoms with Gasteiger partial charge in [0.15, 0.2) is 0 Å². The van der Waals surface area contributed by atoms with Crippen LogP contribution in [0.2, 0.25) is 0 Å². The van der Waals surface area contributed by atoms with Crippen molar-refractivity contribution in [3.05, 3.63) is 23.2 Å². The van der Waals surface area contributed by atoms with Crippen molar-refractivity contribution in [3.63, 3.8) is 0 Å². The lowest BCUT2D eigenvalue weighted by Gasteiger charge is -2.16. The first kappa shape index (κ1) is 12.3. The summed E-state index contributed by atoms with van der Waals surface area (Å²) < 4.78 is 5.44. The molecule has 0 aliphatic heterocycles. The maximum Gasteiger partial charge on any atom is 0.104 e. The Bertz CT molecular complexity index is 251. The summed E-state index contributed by atoms with van der Waals surface area (Å²) >= 11 is 0. The molecule has 0 saturated heterocycles. The van der Waals surface area contributed by atoms with Gasteiger partial charge < -0.3 is 4.42 Å². The molecule has 0 unspecified atom stereocenters. The van der Waals surface area contributed by atoms with E-state index in [4.69, 9.17) is 4.42 Å². The van der Waals surface area contributed by atoms with E-state index in [0.717, 1.165) is 11.5 Å². The standard InChI is InChI=1S/C10H16O.C2H6/c1-7-6-9(8(2)11-7)10(3,4)5;1-2/h6H,1-5H3;1-2H3. The van der Waals surface area contributed by atoms with Gasteiger partial charge in [-0.25, -0.2) is 0 Å². The normalized spacial score (nSPS) is 10.7. The van der Waals surface area contributed by atoms with Gasteiger partial charge in [-0.05, 0) is 30.9 Å². The lowest BCUT2D eigenvalue weighted by molar-refractivity contribution is 0.486. The van der Waals surface area contributed by atoms with Gasteiger partial charge in [0.1, 0.15) is 11.5 Å². The van der Waals surface area contributed by atoms with Gasteiger partial charge in [-0.1, -0.05) is 34.6 Å². The molecule has 1 heterocycles. The third-order valence-corrected chi connectivity index (χ3v) is 1.85. The predicted octanol–water partition coefficient (Wildman–Crippen LogP) is 4.22. The van der Waals surface area contributed by atoms with E-state index in [1.165, 1.54) is 5.56 Å². The minimum atomic E-state index is 0.210. The van der Waals surface area contributed by atoms with E-state index in [1.54, 1.807) is 0 Å². The average molecular weight is 182 g/mol. The van der Waals surface area contributed by atoms with E-state index in [0.29, 0.717) is 0 Å². The number of hydrogen-bond acceptors (Lipinski definition) is 1. The van der Waals surface area contributed by atoms with Crippen LogP contribution in [0.5, 0.6) is 0 Å². The smallest absolute Gasteiger partial charge is 0.104 e. The summed E-state index contributed by atoms with van der Waals surface area (Å²) in [5.41, 5.74) is 1.52. The monoisotopic (exact) mass is 182 g/mol. The summed E-state index contributed by atoms with van der Waals surface area (Å²) in [5.74, 6) is 2.06. The molecule has 0 spiro atoms. The predicted molar refractivity (Wildman–Crippen MR) is 58.2 cm³/mol. The third kappa shape index (κ3) is 3.25. The van der Waals surface area contributed by atoms with E-state index in [2.05, 4.69) is 26.8 Å². The average Bonchev–Trinajstić information content (AvgIpc) is 2.33. The van der Waals surface area contributed by atoms with Gasteiger partial charge in [-0.15, -0.1) is 0 Å². The summed E-state index contributed by atoms with van der Waals surface area (Å²) in [6, 6.07) is 2.12. The zero-order valence-corrected chi connectivity index (χ0v) is 9.99. The van der Waals surface area contributed by atoms with Crippen LogP contribution >= 0.6 is 0 Å². The largest absolute Gasteiger partial charge is 0.466 e. The Kier molecular flexibility index (Phi) is 4.25. The molecule has 1 heteroatoms. The molecule has 0 aliphatic rings. The minimum Gasteiger partial charge on any atom is -0.466 e. The summed E-state index contributed by atoms with van der Waals surface area (Å²) in [4.78, 5) is 0. The van der Waals surface area contributed by atoms with E-state index >= 15 is 0 Å². The number of aryl methyl sites for hydroxylation is 2. The first-order valence-electron chi connectivity index (χ1n) is 4.99. The number of rotatable bonds is 0. The molecule has 13 heavy (non-hydrogen) atoms. The molecule has 1 nitrogen and oxygen atoms in total. The molecule has 0 N–H and O–H groups in total.